The van der Waals surface area contributed by atoms with Gasteiger partial charge in [-0.3, -0.25) is 4.79 Å². The summed E-state index contributed by atoms with van der Waals surface area (Å²) in [5.41, 5.74) is 2.55. The van der Waals surface area contributed by atoms with Gasteiger partial charge in [0.2, 0.25) is 0 Å². The molecule has 1 aromatic heterocycles. The van der Waals surface area contributed by atoms with Crippen LogP contribution in [0.2, 0.25) is 0 Å². The standard InChI is InChI=1S/C12H19N3OS/c1-8-11(17-7-14-8)12(16)15-10-5-3-9(13-2)4-6-10/h7,9-10,13H,3-6H2,1-2H3,(H,15,16). The monoisotopic (exact) mass is 253 g/mol. The van der Waals surface area contributed by atoms with Gasteiger partial charge >= 0.3 is 0 Å². The Kier molecular flexibility index (Phi) is 4.12. The van der Waals surface area contributed by atoms with Crippen molar-refractivity contribution in [3.63, 3.8) is 0 Å². The van der Waals surface area contributed by atoms with E-state index in [2.05, 4.69) is 15.6 Å². The summed E-state index contributed by atoms with van der Waals surface area (Å²) in [5, 5.41) is 6.40. The minimum absolute atomic E-state index is 0.0397. The molecule has 1 fully saturated rings. The maximum atomic E-state index is 12.0. The zero-order valence-corrected chi connectivity index (χ0v) is 11.1. The number of carbonyl (C=O) groups excluding carboxylic acids is 1. The third-order valence-electron chi connectivity index (χ3n) is 3.42. The largest absolute Gasteiger partial charge is 0.349 e. The van der Waals surface area contributed by atoms with Gasteiger partial charge in [0, 0.05) is 12.1 Å². The molecule has 0 atom stereocenters. The van der Waals surface area contributed by atoms with E-state index in [0.29, 0.717) is 12.1 Å². The second-order valence-electron chi connectivity index (χ2n) is 4.58. The fourth-order valence-corrected chi connectivity index (χ4v) is 3.00. The quantitative estimate of drug-likeness (QED) is 0.862. The second kappa shape index (κ2) is 5.60. The van der Waals surface area contributed by atoms with E-state index in [1.807, 2.05) is 14.0 Å². The molecule has 0 unspecified atom stereocenters. The zero-order valence-electron chi connectivity index (χ0n) is 10.3. The molecular formula is C12H19N3OS. The predicted molar refractivity (Wildman–Crippen MR) is 69.4 cm³/mol. The van der Waals surface area contributed by atoms with Crippen LogP contribution in [0.25, 0.3) is 0 Å². The van der Waals surface area contributed by atoms with E-state index in [-0.39, 0.29) is 5.91 Å². The van der Waals surface area contributed by atoms with E-state index in [9.17, 15) is 4.79 Å². The Balaban J connectivity index is 1.86. The number of thiazole rings is 1. The molecule has 0 saturated heterocycles. The first-order valence-corrected chi connectivity index (χ1v) is 6.97. The van der Waals surface area contributed by atoms with Gasteiger partial charge in [0.05, 0.1) is 11.2 Å². The Morgan fingerprint density at radius 2 is 2.00 bits per heavy atom. The highest BCUT2D eigenvalue weighted by Gasteiger charge is 2.22. The second-order valence-corrected chi connectivity index (χ2v) is 5.43. The minimum Gasteiger partial charge on any atom is -0.349 e. The van der Waals surface area contributed by atoms with Crippen molar-refractivity contribution in [1.82, 2.24) is 15.6 Å². The molecule has 0 aliphatic heterocycles. The average Bonchev–Trinajstić information content (AvgIpc) is 2.76. The SMILES string of the molecule is CNC1CCC(NC(=O)c2scnc2C)CC1. The van der Waals surface area contributed by atoms with Crippen LogP contribution < -0.4 is 10.6 Å². The number of hydrogen-bond donors (Lipinski definition) is 2. The van der Waals surface area contributed by atoms with Gasteiger partial charge in [-0.1, -0.05) is 0 Å². The molecule has 0 spiro atoms. The number of nitrogens with one attached hydrogen (secondary N) is 2. The molecule has 0 aromatic carbocycles. The molecule has 0 radical (unpaired) electrons. The van der Waals surface area contributed by atoms with Gasteiger partial charge in [0.15, 0.2) is 0 Å². The molecule has 0 bridgehead atoms. The number of aryl methyl sites for hydroxylation is 1. The molecule has 17 heavy (non-hydrogen) atoms. The maximum Gasteiger partial charge on any atom is 0.263 e. The first kappa shape index (κ1) is 12.5. The van der Waals surface area contributed by atoms with Gasteiger partial charge in [0.1, 0.15) is 4.88 Å². The lowest BCUT2D eigenvalue weighted by Gasteiger charge is -2.28. The summed E-state index contributed by atoms with van der Waals surface area (Å²) in [6, 6.07) is 0.946. The van der Waals surface area contributed by atoms with Crippen molar-refractivity contribution in [2.24, 2.45) is 0 Å². The Labute approximate surface area is 106 Å². The van der Waals surface area contributed by atoms with Gasteiger partial charge < -0.3 is 10.6 Å². The van der Waals surface area contributed by atoms with Crippen LogP contribution in [-0.4, -0.2) is 30.0 Å². The van der Waals surface area contributed by atoms with Gasteiger partial charge in [-0.15, -0.1) is 11.3 Å². The summed E-state index contributed by atoms with van der Waals surface area (Å²) in [5.74, 6) is 0.0397. The molecule has 4 nitrogen and oxygen atoms in total. The van der Waals surface area contributed by atoms with Crippen molar-refractivity contribution < 1.29 is 4.79 Å². The predicted octanol–water partition coefficient (Wildman–Crippen LogP) is 1.71. The number of carbonyl (C=O) groups is 1. The molecule has 94 valence electrons. The van der Waals surface area contributed by atoms with E-state index >= 15 is 0 Å². The third kappa shape index (κ3) is 3.04. The smallest absolute Gasteiger partial charge is 0.263 e. The summed E-state index contributed by atoms with van der Waals surface area (Å²) < 4.78 is 0. The molecule has 2 rings (SSSR count). The van der Waals surface area contributed by atoms with Crippen LogP contribution in [0.5, 0.6) is 0 Å². The lowest BCUT2D eigenvalue weighted by atomic mass is 9.91. The van der Waals surface area contributed by atoms with Crippen LogP contribution in [0.1, 0.15) is 41.0 Å². The first-order valence-electron chi connectivity index (χ1n) is 6.09. The van der Waals surface area contributed by atoms with Crippen LogP contribution in [0.4, 0.5) is 0 Å². The third-order valence-corrected chi connectivity index (χ3v) is 4.35. The molecule has 1 aromatic rings. The summed E-state index contributed by atoms with van der Waals surface area (Å²) in [7, 11) is 2.00. The molecule has 5 heteroatoms. The number of amides is 1. The zero-order chi connectivity index (χ0) is 12.3. The maximum absolute atomic E-state index is 12.0. The van der Waals surface area contributed by atoms with Gasteiger partial charge in [-0.25, -0.2) is 4.98 Å². The molecule has 1 saturated carbocycles. The Morgan fingerprint density at radius 3 is 2.53 bits per heavy atom. The average molecular weight is 253 g/mol. The lowest BCUT2D eigenvalue weighted by molar-refractivity contribution is 0.0928. The lowest BCUT2D eigenvalue weighted by Crippen LogP contribution is -2.41. The van der Waals surface area contributed by atoms with Crippen molar-refractivity contribution in [2.45, 2.75) is 44.7 Å². The van der Waals surface area contributed by atoms with Crippen molar-refractivity contribution in [3.05, 3.63) is 16.1 Å². The first-order chi connectivity index (χ1) is 8.20. The van der Waals surface area contributed by atoms with Gasteiger partial charge in [0.25, 0.3) is 5.91 Å². The minimum atomic E-state index is 0.0397. The van der Waals surface area contributed by atoms with E-state index in [4.69, 9.17) is 0 Å². The molecular weight excluding hydrogens is 234 g/mol. The topological polar surface area (TPSA) is 54.0 Å². The van der Waals surface area contributed by atoms with Crippen LogP contribution >= 0.6 is 11.3 Å². The number of hydrogen-bond acceptors (Lipinski definition) is 4. The fourth-order valence-electron chi connectivity index (χ4n) is 2.30. The van der Waals surface area contributed by atoms with E-state index in [1.165, 1.54) is 11.3 Å². The highest BCUT2D eigenvalue weighted by Crippen LogP contribution is 2.19. The normalized spacial score (nSPS) is 24.6. The summed E-state index contributed by atoms with van der Waals surface area (Å²) in [6.07, 6.45) is 4.41. The van der Waals surface area contributed by atoms with Crippen LogP contribution in [0.15, 0.2) is 5.51 Å². The van der Waals surface area contributed by atoms with E-state index in [1.54, 1.807) is 5.51 Å². The van der Waals surface area contributed by atoms with Crippen molar-refractivity contribution >= 4 is 17.2 Å². The highest BCUT2D eigenvalue weighted by atomic mass is 32.1. The molecule has 1 amide bonds. The van der Waals surface area contributed by atoms with Crippen molar-refractivity contribution in [3.8, 4) is 0 Å². The number of rotatable bonds is 3. The van der Waals surface area contributed by atoms with E-state index < -0.39 is 0 Å². The number of aromatic nitrogens is 1. The van der Waals surface area contributed by atoms with Crippen LogP contribution in [-0.2, 0) is 0 Å². The van der Waals surface area contributed by atoms with Crippen LogP contribution in [0.3, 0.4) is 0 Å². The highest BCUT2D eigenvalue weighted by molar-refractivity contribution is 7.11. The van der Waals surface area contributed by atoms with Gasteiger partial charge in [-0.2, -0.15) is 0 Å². The molecule has 2 N–H and O–H groups in total. The van der Waals surface area contributed by atoms with Gasteiger partial charge in [-0.05, 0) is 39.7 Å². The van der Waals surface area contributed by atoms with E-state index in [0.717, 1.165) is 36.3 Å². The summed E-state index contributed by atoms with van der Waals surface area (Å²) in [4.78, 5) is 16.8. The molecule has 1 aliphatic rings. The summed E-state index contributed by atoms with van der Waals surface area (Å²) >= 11 is 1.42. The number of nitrogens with zero attached hydrogens (tertiary/aromatic N) is 1. The fraction of sp³-hybridized carbons (Fsp3) is 0.667. The van der Waals surface area contributed by atoms with Crippen molar-refractivity contribution in [1.29, 1.82) is 0 Å². The molecule has 1 heterocycles. The molecule has 1 aliphatic carbocycles. The Hall–Kier alpha value is -0.940. The van der Waals surface area contributed by atoms with Crippen LogP contribution in [0, 0.1) is 6.92 Å². The van der Waals surface area contributed by atoms with Crippen molar-refractivity contribution in [2.75, 3.05) is 7.05 Å². The summed E-state index contributed by atoms with van der Waals surface area (Å²) in [6.45, 7) is 1.88. The Morgan fingerprint density at radius 1 is 1.35 bits per heavy atom. The Bertz CT molecular complexity index is 383.